The Labute approximate surface area is 142 Å². The molecule has 0 fully saturated rings. The summed E-state index contributed by atoms with van der Waals surface area (Å²) in [6.07, 6.45) is 0.217. The van der Waals surface area contributed by atoms with Crippen molar-refractivity contribution < 1.29 is 28.9 Å². The van der Waals surface area contributed by atoms with E-state index < -0.39 is 0 Å². The first-order chi connectivity index (χ1) is 11.5. The third-order valence-electron chi connectivity index (χ3n) is 2.87. The molecule has 0 heterocycles. The number of amides is 2. The predicted molar refractivity (Wildman–Crippen MR) is 87.0 cm³/mol. The van der Waals surface area contributed by atoms with Gasteiger partial charge < -0.3 is 15.4 Å². The topological polar surface area (TPSA) is 106 Å². The fourth-order valence-electron chi connectivity index (χ4n) is 1.77. The molecule has 0 aliphatic rings. The summed E-state index contributed by atoms with van der Waals surface area (Å²) in [7, 11) is 0. The van der Waals surface area contributed by atoms with Crippen molar-refractivity contribution in [3.63, 3.8) is 0 Å². The molecule has 2 amide bonds. The molecular formula is C15H29N3O6. The van der Waals surface area contributed by atoms with Crippen molar-refractivity contribution in [1.29, 1.82) is 0 Å². The van der Waals surface area contributed by atoms with Crippen LogP contribution >= 0.6 is 0 Å². The first-order valence-electron chi connectivity index (χ1n) is 8.07. The van der Waals surface area contributed by atoms with Gasteiger partial charge in [0.05, 0.1) is 13.0 Å². The summed E-state index contributed by atoms with van der Waals surface area (Å²) in [4.78, 5) is 44.9. The molecule has 140 valence electrons. The van der Waals surface area contributed by atoms with E-state index in [1.165, 1.54) is 13.8 Å². The molecule has 0 radical (unpaired) electrons. The SMILES string of the molecule is CCOOCCOC(=O)CCN(CCNC(C)=O)CCNC(C)=O. The van der Waals surface area contributed by atoms with Crippen LogP contribution in [0.3, 0.4) is 0 Å². The molecular weight excluding hydrogens is 318 g/mol. The van der Waals surface area contributed by atoms with Gasteiger partial charge in [0.2, 0.25) is 11.8 Å². The van der Waals surface area contributed by atoms with E-state index in [-0.39, 0.29) is 37.4 Å². The maximum Gasteiger partial charge on any atom is 0.307 e. The van der Waals surface area contributed by atoms with Crippen molar-refractivity contribution in [2.24, 2.45) is 0 Å². The number of nitrogens with one attached hydrogen (secondary N) is 2. The van der Waals surface area contributed by atoms with Crippen molar-refractivity contribution >= 4 is 17.8 Å². The van der Waals surface area contributed by atoms with Crippen molar-refractivity contribution in [1.82, 2.24) is 15.5 Å². The fraction of sp³-hybridized carbons (Fsp3) is 0.800. The minimum Gasteiger partial charge on any atom is -0.463 e. The van der Waals surface area contributed by atoms with Crippen LogP contribution in [0.15, 0.2) is 0 Å². The fourth-order valence-corrected chi connectivity index (χ4v) is 1.77. The summed E-state index contributed by atoms with van der Waals surface area (Å²) in [5, 5.41) is 5.40. The van der Waals surface area contributed by atoms with Gasteiger partial charge in [-0.05, 0) is 6.92 Å². The van der Waals surface area contributed by atoms with Gasteiger partial charge in [0.1, 0.15) is 13.2 Å². The monoisotopic (exact) mass is 347 g/mol. The normalized spacial score (nSPS) is 10.5. The zero-order valence-electron chi connectivity index (χ0n) is 14.8. The van der Waals surface area contributed by atoms with E-state index in [0.717, 1.165) is 0 Å². The predicted octanol–water partition coefficient (Wildman–Crippen LogP) is -0.538. The number of ether oxygens (including phenoxy) is 1. The molecule has 9 nitrogen and oxygen atoms in total. The maximum atomic E-state index is 11.7. The molecule has 0 aromatic heterocycles. The standard InChI is InChI=1S/C15H29N3O6/c1-4-23-24-12-11-22-15(21)5-8-18(9-6-16-13(2)19)10-7-17-14(3)20/h4-12H2,1-3H3,(H,16,19)(H,17,20). The molecule has 0 atom stereocenters. The highest BCUT2D eigenvalue weighted by atomic mass is 17.2. The van der Waals surface area contributed by atoms with Crippen LogP contribution in [0.4, 0.5) is 0 Å². The van der Waals surface area contributed by atoms with Crippen molar-refractivity contribution in [3.8, 4) is 0 Å². The van der Waals surface area contributed by atoms with Gasteiger partial charge >= 0.3 is 5.97 Å². The van der Waals surface area contributed by atoms with E-state index in [9.17, 15) is 14.4 Å². The van der Waals surface area contributed by atoms with Crippen LogP contribution in [0.2, 0.25) is 0 Å². The van der Waals surface area contributed by atoms with Gasteiger partial charge in [0.15, 0.2) is 0 Å². The first-order valence-corrected chi connectivity index (χ1v) is 8.07. The van der Waals surface area contributed by atoms with E-state index in [4.69, 9.17) is 9.62 Å². The smallest absolute Gasteiger partial charge is 0.307 e. The molecule has 2 N–H and O–H groups in total. The van der Waals surface area contributed by atoms with Gasteiger partial charge in [0, 0.05) is 46.6 Å². The van der Waals surface area contributed by atoms with Crippen molar-refractivity contribution in [2.75, 3.05) is 52.5 Å². The summed E-state index contributed by atoms with van der Waals surface area (Å²) in [6, 6.07) is 0. The number of hydrogen-bond donors (Lipinski definition) is 2. The van der Waals surface area contributed by atoms with Gasteiger partial charge in [-0.1, -0.05) is 0 Å². The molecule has 0 saturated carbocycles. The minimum absolute atomic E-state index is 0.106. The van der Waals surface area contributed by atoms with Gasteiger partial charge in [-0.15, -0.1) is 0 Å². The second-order valence-electron chi connectivity index (χ2n) is 5.01. The maximum absolute atomic E-state index is 11.7. The summed E-state index contributed by atoms with van der Waals surface area (Å²) < 4.78 is 5.01. The van der Waals surface area contributed by atoms with E-state index in [2.05, 4.69) is 15.5 Å². The van der Waals surface area contributed by atoms with E-state index >= 15 is 0 Å². The Kier molecular flexibility index (Phi) is 13.8. The van der Waals surface area contributed by atoms with E-state index in [0.29, 0.717) is 39.3 Å². The number of nitrogens with zero attached hydrogens (tertiary/aromatic N) is 1. The summed E-state index contributed by atoms with van der Waals surface area (Å²) in [6.45, 7) is 8.05. The van der Waals surface area contributed by atoms with Crippen LogP contribution in [0, 0.1) is 0 Å². The molecule has 0 bridgehead atoms. The average molecular weight is 347 g/mol. The van der Waals surface area contributed by atoms with Crippen molar-refractivity contribution in [3.05, 3.63) is 0 Å². The molecule has 0 aliphatic carbocycles. The number of hydrogen-bond acceptors (Lipinski definition) is 7. The Hall–Kier alpha value is -1.71. The summed E-state index contributed by atoms with van der Waals surface area (Å²) >= 11 is 0. The molecule has 0 aromatic carbocycles. The second kappa shape index (κ2) is 14.9. The molecule has 0 saturated heterocycles. The van der Waals surface area contributed by atoms with Gasteiger partial charge in [-0.25, -0.2) is 9.78 Å². The lowest BCUT2D eigenvalue weighted by atomic mass is 10.3. The van der Waals surface area contributed by atoms with Gasteiger partial charge in [-0.3, -0.25) is 19.3 Å². The molecule has 0 aromatic rings. The minimum atomic E-state index is -0.334. The zero-order valence-corrected chi connectivity index (χ0v) is 14.8. The third kappa shape index (κ3) is 15.2. The van der Waals surface area contributed by atoms with E-state index in [1.54, 1.807) is 6.92 Å². The highest BCUT2D eigenvalue weighted by molar-refractivity contribution is 5.73. The Morgan fingerprint density at radius 2 is 1.46 bits per heavy atom. The van der Waals surface area contributed by atoms with Crippen LogP contribution < -0.4 is 10.6 Å². The van der Waals surface area contributed by atoms with Crippen LogP contribution in [-0.2, 0) is 28.9 Å². The van der Waals surface area contributed by atoms with Crippen LogP contribution in [-0.4, -0.2) is 75.2 Å². The quantitative estimate of drug-likeness (QED) is 0.188. The zero-order chi connectivity index (χ0) is 18.2. The van der Waals surface area contributed by atoms with Crippen molar-refractivity contribution in [2.45, 2.75) is 27.2 Å². The first kappa shape index (κ1) is 22.3. The van der Waals surface area contributed by atoms with Gasteiger partial charge in [-0.2, -0.15) is 0 Å². The average Bonchev–Trinajstić information content (AvgIpc) is 2.51. The lowest BCUT2D eigenvalue weighted by molar-refractivity contribution is -0.294. The Morgan fingerprint density at radius 1 is 0.875 bits per heavy atom. The summed E-state index contributed by atoms with van der Waals surface area (Å²) in [5.41, 5.74) is 0. The third-order valence-corrected chi connectivity index (χ3v) is 2.87. The highest BCUT2D eigenvalue weighted by Crippen LogP contribution is 1.94. The molecule has 0 unspecified atom stereocenters. The largest absolute Gasteiger partial charge is 0.463 e. The Morgan fingerprint density at radius 3 is 1.96 bits per heavy atom. The Balaban J connectivity index is 4.00. The number of rotatable bonds is 14. The highest BCUT2D eigenvalue weighted by Gasteiger charge is 2.10. The van der Waals surface area contributed by atoms with Gasteiger partial charge in [0.25, 0.3) is 0 Å². The van der Waals surface area contributed by atoms with Crippen LogP contribution in [0.1, 0.15) is 27.2 Å². The van der Waals surface area contributed by atoms with Crippen LogP contribution in [0.5, 0.6) is 0 Å². The number of carbonyl (C=O) groups excluding carboxylic acids is 3. The molecule has 24 heavy (non-hydrogen) atoms. The van der Waals surface area contributed by atoms with E-state index in [1.807, 2.05) is 4.90 Å². The Bertz CT molecular complexity index is 358. The molecule has 9 heteroatoms. The molecule has 0 aliphatic heterocycles. The summed E-state index contributed by atoms with van der Waals surface area (Å²) in [5.74, 6) is -0.546. The lowest BCUT2D eigenvalue weighted by Crippen LogP contribution is -2.39. The number of carbonyl (C=O) groups is 3. The lowest BCUT2D eigenvalue weighted by Gasteiger charge is -2.22. The molecule has 0 rings (SSSR count). The van der Waals surface area contributed by atoms with Crippen LogP contribution in [0.25, 0.3) is 0 Å². The molecule has 0 spiro atoms. The second-order valence-corrected chi connectivity index (χ2v) is 5.01. The number of esters is 1.